The predicted octanol–water partition coefficient (Wildman–Crippen LogP) is 5.40. The Morgan fingerprint density at radius 2 is 2.00 bits per heavy atom. The lowest BCUT2D eigenvalue weighted by Crippen LogP contribution is -2.13. The molecule has 0 aliphatic carbocycles. The molecule has 0 saturated heterocycles. The monoisotopic (exact) mass is 378 g/mol. The van der Waals surface area contributed by atoms with Gasteiger partial charge in [0.1, 0.15) is 5.01 Å². The van der Waals surface area contributed by atoms with E-state index in [1.807, 2.05) is 61.7 Å². The Morgan fingerprint density at radius 3 is 2.69 bits per heavy atom. The lowest BCUT2D eigenvalue weighted by molar-refractivity contribution is -0.116. The number of hydrogen-bond acceptors (Lipinski definition) is 5. The molecule has 3 nitrogen and oxygen atoms in total. The molecule has 0 unspecified atom stereocenters. The van der Waals surface area contributed by atoms with Crippen molar-refractivity contribution in [2.24, 2.45) is 0 Å². The Hall–Kier alpha value is -2.42. The molecule has 3 rings (SSSR count). The number of nitriles is 1. The molecule has 26 heavy (non-hydrogen) atoms. The van der Waals surface area contributed by atoms with Crippen molar-refractivity contribution in [2.75, 3.05) is 5.75 Å². The zero-order valence-corrected chi connectivity index (χ0v) is 16.2. The highest BCUT2D eigenvalue weighted by atomic mass is 32.2. The number of Topliss-reactive ketones (excluding diaryl/α,β-unsaturated/α-hetero) is 1. The second kappa shape index (κ2) is 8.31. The Labute approximate surface area is 161 Å². The second-order valence-electron chi connectivity index (χ2n) is 6.02. The van der Waals surface area contributed by atoms with Crippen molar-refractivity contribution >= 4 is 28.9 Å². The quantitative estimate of drug-likeness (QED) is 0.539. The molecule has 1 aromatic heterocycles. The lowest BCUT2D eigenvalue weighted by atomic mass is 10.1. The zero-order chi connectivity index (χ0) is 18.5. The fraction of sp³-hybridized carbons (Fsp3) is 0.190. The van der Waals surface area contributed by atoms with Crippen LogP contribution in [0.15, 0.2) is 58.8 Å². The highest BCUT2D eigenvalue weighted by Crippen LogP contribution is 2.29. The van der Waals surface area contributed by atoms with Gasteiger partial charge < -0.3 is 0 Å². The van der Waals surface area contributed by atoms with E-state index in [4.69, 9.17) is 0 Å². The lowest BCUT2D eigenvalue weighted by Gasteiger charge is -2.08. The summed E-state index contributed by atoms with van der Waals surface area (Å²) >= 11 is 2.85. The van der Waals surface area contributed by atoms with Crippen LogP contribution in [0.25, 0.3) is 11.3 Å². The van der Waals surface area contributed by atoms with Gasteiger partial charge in [-0.15, -0.1) is 23.1 Å². The summed E-state index contributed by atoms with van der Waals surface area (Å²) in [5, 5.41) is 12.0. The largest absolute Gasteiger partial charge is 0.297 e. The molecule has 0 aliphatic heterocycles. The van der Waals surface area contributed by atoms with E-state index in [1.54, 1.807) is 0 Å². The van der Waals surface area contributed by atoms with Gasteiger partial charge in [0.15, 0.2) is 11.7 Å². The molecule has 0 N–H and O–H groups in total. The maximum absolute atomic E-state index is 12.6. The van der Waals surface area contributed by atoms with Crippen LogP contribution in [0.2, 0.25) is 0 Å². The first-order valence-electron chi connectivity index (χ1n) is 8.21. The van der Waals surface area contributed by atoms with Crippen LogP contribution in [-0.4, -0.2) is 16.5 Å². The summed E-state index contributed by atoms with van der Waals surface area (Å²) in [5.74, 6) is -0.648. The fourth-order valence-electron chi connectivity index (χ4n) is 2.62. The molecule has 1 heterocycles. The van der Waals surface area contributed by atoms with Crippen LogP contribution in [-0.2, 0) is 4.79 Å². The maximum atomic E-state index is 12.6. The predicted molar refractivity (Wildman–Crippen MR) is 108 cm³/mol. The zero-order valence-electron chi connectivity index (χ0n) is 14.6. The fourth-order valence-corrected chi connectivity index (χ4v) is 4.43. The smallest absolute Gasteiger partial charge is 0.167 e. The highest BCUT2D eigenvalue weighted by Gasteiger charge is 2.24. The molecule has 0 bridgehead atoms. The molecule has 0 amide bonds. The molecule has 0 radical (unpaired) electrons. The minimum atomic E-state index is -0.810. The summed E-state index contributed by atoms with van der Waals surface area (Å²) in [4.78, 5) is 18.2. The minimum Gasteiger partial charge on any atom is -0.297 e. The average molecular weight is 379 g/mol. The van der Waals surface area contributed by atoms with Gasteiger partial charge in [0.05, 0.1) is 17.5 Å². The van der Waals surface area contributed by atoms with Crippen molar-refractivity contribution in [3.63, 3.8) is 0 Å². The van der Waals surface area contributed by atoms with Crippen LogP contribution >= 0.6 is 23.1 Å². The summed E-state index contributed by atoms with van der Waals surface area (Å²) in [7, 11) is 0. The molecule has 1 atom stereocenters. The van der Waals surface area contributed by atoms with Crippen LogP contribution in [0.4, 0.5) is 0 Å². The van der Waals surface area contributed by atoms with Crippen LogP contribution in [0.1, 0.15) is 22.1 Å². The number of aryl methyl sites for hydroxylation is 2. The number of rotatable bonds is 6. The van der Waals surface area contributed by atoms with Crippen LogP contribution < -0.4 is 0 Å². The van der Waals surface area contributed by atoms with Gasteiger partial charge in [0.25, 0.3) is 0 Å². The van der Waals surface area contributed by atoms with E-state index in [1.165, 1.54) is 28.7 Å². The van der Waals surface area contributed by atoms with E-state index < -0.39 is 5.92 Å². The normalized spacial score (nSPS) is 11.7. The molecule has 130 valence electrons. The van der Waals surface area contributed by atoms with E-state index >= 15 is 0 Å². The topological polar surface area (TPSA) is 53.8 Å². The average Bonchev–Trinajstić information content (AvgIpc) is 3.12. The number of nitrogens with zero attached hydrogens (tertiary/aromatic N) is 2. The summed E-state index contributed by atoms with van der Waals surface area (Å²) in [6.45, 7) is 4.08. The number of carbonyl (C=O) groups excluding carboxylic acids is 1. The van der Waals surface area contributed by atoms with Gasteiger partial charge in [0.2, 0.25) is 0 Å². The summed E-state index contributed by atoms with van der Waals surface area (Å²) < 4.78 is 0. The molecular formula is C21H18N2OS2. The molecule has 3 aromatic rings. The summed E-state index contributed by atoms with van der Waals surface area (Å²) in [5.41, 5.74) is 4.14. The van der Waals surface area contributed by atoms with E-state index in [-0.39, 0.29) is 11.5 Å². The molecule has 0 saturated carbocycles. The molecule has 0 fully saturated rings. The third-order valence-corrected chi connectivity index (χ3v) is 6.10. The van der Waals surface area contributed by atoms with Crippen molar-refractivity contribution in [3.05, 3.63) is 70.0 Å². The standard InChI is InChI=1S/C21H18N2OS2/c1-14-8-9-20(15(2)10-14)25-13-19(24)17(11-22)21-23-18(12-26-21)16-6-4-3-5-7-16/h3-10,12,17H,13H2,1-2H3/t17-/m1/s1. The van der Waals surface area contributed by atoms with Crippen LogP contribution in [0.3, 0.4) is 0 Å². The molecule has 0 aliphatic rings. The van der Waals surface area contributed by atoms with E-state index in [0.29, 0.717) is 5.01 Å². The third-order valence-electron chi connectivity index (χ3n) is 3.99. The number of hydrogen-bond donors (Lipinski definition) is 0. The minimum absolute atomic E-state index is 0.105. The first-order chi connectivity index (χ1) is 12.6. The number of thiazole rings is 1. The maximum Gasteiger partial charge on any atom is 0.167 e. The summed E-state index contributed by atoms with van der Waals surface area (Å²) in [6.07, 6.45) is 0. The van der Waals surface area contributed by atoms with Crippen molar-refractivity contribution in [1.29, 1.82) is 5.26 Å². The van der Waals surface area contributed by atoms with E-state index in [9.17, 15) is 10.1 Å². The van der Waals surface area contributed by atoms with Gasteiger partial charge >= 0.3 is 0 Å². The molecular weight excluding hydrogens is 360 g/mol. The van der Waals surface area contributed by atoms with Crippen molar-refractivity contribution in [3.8, 4) is 17.3 Å². The number of aromatic nitrogens is 1. The Kier molecular flexibility index (Phi) is 5.87. The van der Waals surface area contributed by atoms with Crippen LogP contribution in [0.5, 0.6) is 0 Å². The molecule has 5 heteroatoms. The first-order valence-corrected chi connectivity index (χ1v) is 10.1. The first kappa shape index (κ1) is 18.4. The molecule has 2 aromatic carbocycles. The summed E-state index contributed by atoms with van der Waals surface area (Å²) in [6, 6.07) is 18.1. The SMILES string of the molecule is Cc1ccc(SCC(=O)[C@@H](C#N)c2nc(-c3ccccc3)cs2)c(C)c1. The highest BCUT2D eigenvalue weighted by molar-refractivity contribution is 8.00. The van der Waals surface area contributed by atoms with Gasteiger partial charge in [-0.2, -0.15) is 5.26 Å². The van der Waals surface area contributed by atoms with Gasteiger partial charge in [-0.1, -0.05) is 48.0 Å². The number of ketones is 1. The van der Waals surface area contributed by atoms with Crippen LogP contribution in [0, 0.1) is 25.2 Å². The van der Waals surface area contributed by atoms with Gasteiger partial charge in [-0.25, -0.2) is 4.98 Å². The molecule has 0 spiro atoms. The van der Waals surface area contributed by atoms with E-state index in [0.717, 1.165) is 21.7 Å². The van der Waals surface area contributed by atoms with Gasteiger partial charge in [-0.3, -0.25) is 4.79 Å². The Balaban J connectivity index is 1.71. The van der Waals surface area contributed by atoms with Gasteiger partial charge in [0, 0.05) is 15.8 Å². The van der Waals surface area contributed by atoms with Crippen molar-refractivity contribution in [2.45, 2.75) is 24.7 Å². The number of thioether (sulfide) groups is 1. The van der Waals surface area contributed by atoms with E-state index in [2.05, 4.69) is 17.1 Å². The third kappa shape index (κ3) is 4.21. The van der Waals surface area contributed by atoms with Gasteiger partial charge in [-0.05, 0) is 25.5 Å². The Bertz CT molecular complexity index is 958. The number of carbonyl (C=O) groups is 1. The second-order valence-corrected chi connectivity index (χ2v) is 7.93. The Morgan fingerprint density at radius 1 is 1.23 bits per heavy atom. The number of benzene rings is 2. The van der Waals surface area contributed by atoms with Crippen molar-refractivity contribution < 1.29 is 4.79 Å². The van der Waals surface area contributed by atoms with Crippen molar-refractivity contribution in [1.82, 2.24) is 4.98 Å².